The molecule has 0 atom stereocenters. The summed E-state index contributed by atoms with van der Waals surface area (Å²) in [5.74, 6) is 0. The molecule has 44 heavy (non-hydrogen) atoms. The summed E-state index contributed by atoms with van der Waals surface area (Å²) < 4.78 is 54.3. The van der Waals surface area contributed by atoms with Gasteiger partial charge in [0.25, 0.3) is 20.0 Å². The molecule has 0 aliphatic carbocycles. The van der Waals surface area contributed by atoms with Crippen LogP contribution in [0.4, 0.5) is 11.4 Å². The number of benzene rings is 4. The number of H-pyrrole nitrogens is 2. The number of nitrogens with zero attached hydrogens (tertiary/aromatic N) is 2. The minimum absolute atomic E-state index is 0.0142. The lowest BCUT2D eigenvalue weighted by molar-refractivity contribution is 0.599. The lowest BCUT2D eigenvalue weighted by Gasteiger charge is -2.09. The molecule has 0 aliphatic rings. The second-order valence-corrected chi connectivity index (χ2v) is 14.7. The fraction of sp³-hybridized carbons (Fsp3) is 0. The highest BCUT2D eigenvalue weighted by molar-refractivity contribution is 7.93. The van der Waals surface area contributed by atoms with E-state index in [1.54, 1.807) is 36.4 Å². The minimum atomic E-state index is -3.78. The predicted molar refractivity (Wildman–Crippen MR) is 177 cm³/mol. The van der Waals surface area contributed by atoms with E-state index >= 15 is 0 Å². The molecule has 2 aromatic heterocycles. The van der Waals surface area contributed by atoms with Crippen molar-refractivity contribution >= 4 is 123 Å². The number of rotatable bonds is 6. The molecular formula is C26H16Cl6N6O4S2. The van der Waals surface area contributed by atoms with Crippen LogP contribution in [0.2, 0.25) is 30.4 Å². The van der Waals surface area contributed by atoms with Gasteiger partial charge in [0.1, 0.15) is 10.3 Å². The molecule has 0 amide bonds. The van der Waals surface area contributed by atoms with Crippen LogP contribution in [0.25, 0.3) is 21.8 Å². The first-order valence-electron chi connectivity index (χ1n) is 12.0. The minimum Gasteiger partial charge on any atom is -0.280 e. The first-order valence-corrected chi connectivity index (χ1v) is 17.2. The summed E-state index contributed by atoms with van der Waals surface area (Å²) >= 11 is 35.2. The largest absolute Gasteiger partial charge is 0.280 e. The maximum absolute atomic E-state index is 12.4. The van der Waals surface area contributed by atoms with Crippen molar-refractivity contribution in [2.75, 3.05) is 9.44 Å². The zero-order valence-electron chi connectivity index (χ0n) is 21.5. The quantitative estimate of drug-likeness (QED) is 0.134. The molecule has 0 unspecified atom stereocenters. The fourth-order valence-electron chi connectivity index (χ4n) is 3.80. The Kier molecular flexibility index (Phi) is 9.45. The van der Waals surface area contributed by atoms with Crippen molar-refractivity contribution in [3.05, 3.63) is 103 Å². The van der Waals surface area contributed by atoms with Crippen molar-refractivity contribution in [3.8, 4) is 0 Å². The second kappa shape index (κ2) is 12.8. The first-order chi connectivity index (χ1) is 20.7. The molecular weight excluding hydrogens is 737 g/mol. The standard InChI is InChI=1S/2C13H8Cl3N3O2S/c2*14-10-3-2-8(6-11(10)15)22(20,21)19-7-1-4-12-9(5-7)13(16)18-17-12/h2*1-6,19H,(H,17,18). The van der Waals surface area contributed by atoms with Gasteiger partial charge < -0.3 is 0 Å². The van der Waals surface area contributed by atoms with E-state index in [2.05, 4.69) is 29.8 Å². The average molecular weight is 753 g/mol. The summed E-state index contributed by atoms with van der Waals surface area (Å²) in [6.07, 6.45) is 0. The Labute approximate surface area is 280 Å². The summed E-state index contributed by atoms with van der Waals surface area (Å²) in [5.41, 5.74) is 2.01. The Morgan fingerprint density at radius 1 is 0.500 bits per heavy atom. The summed E-state index contributed by atoms with van der Waals surface area (Å²) in [4.78, 5) is 0.0283. The molecule has 2 heterocycles. The Bertz CT molecular complexity index is 2100. The molecule has 228 valence electrons. The van der Waals surface area contributed by atoms with Crippen LogP contribution in [0.5, 0.6) is 0 Å². The maximum Gasteiger partial charge on any atom is 0.261 e. The van der Waals surface area contributed by atoms with Crippen LogP contribution < -0.4 is 9.44 Å². The van der Waals surface area contributed by atoms with Gasteiger partial charge >= 0.3 is 0 Å². The monoisotopic (exact) mass is 750 g/mol. The molecule has 6 aromatic rings. The summed E-state index contributed by atoms with van der Waals surface area (Å²) in [6, 6.07) is 17.9. The Balaban J connectivity index is 0.000000175. The van der Waals surface area contributed by atoms with E-state index in [1.165, 1.54) is 36.4 Å². The average Bonchev–Trinajstić information content (AvgIpc) is 3.53. The van der Waals surface area contributed by atoms with Crippen molar-refractivity contribution in [1.29, 1.82) is 0 Å². The Morgan fingerprint density at radius 3 is 1.25 bits per heavy atom. The van der Waals surface area contributed by atoms with E-state index in [0.29, 0.717) is 43.5 Å². The van der Waals surface area contributed by atoms with Crippen LogP contribution in [-0.4, -0.2) is 37.2 Å². The topological polar surface area (TPSA) is 150 Å². The molecule has 0 saturated heterocycles. The maximum atomic E-state index is 12.4. The van der Waals surface area contributed by atoms with E-state index in [1.807, 2.05) is 0 Å². The predicted octanol–water partition coefficient (Wildman–Crippen LogP) is 8.65. The number of aromatic nitrogens is 4. The van der Waals surface area contributed by atoms with E-state index in [-0.39, 0.29) is 29.9 Å². The van der Waals surface area contributed by atoms with Gasteiger partial charge in [-0.1, -0.05) is 69.6 Å². The lowest BCUT2D eigenvalue weighted by atomic mass is 10.2. The molecule has 0 aliphatic heterocycles. The number of sulfonamides is 2. The van der Waals surface area contributed by atoms with Crippen LogP contribution in [0.1, 0.15) is 0 Å². The summed E-state index contributed by atoms with van der Waals surface area (Å²) in [7, 11) is -7.57. The normalized spacial score (nSPS) is 11.8. The van der Waals surface area contributed by atoms with E-state index in [0.717, 1.165) is 0 Å². The number of nitrogens with one attached hydrogen (secondary N) is 4. The SMILES string of the molecule is O=S(=O)(Nc1ccc2n[nH]c(Cl)c2c1)c1ccc(Cl)c(Cl)c1.O=S(=O)(Nc1ccc2n[nH]c(Cl)c2c1)c1ccc(Cl)c(Cl)c1. The second-order valence-electron chi connectivity index (χ2n) is 8.90. The smallest absolute Gasteiger partial charge is 0.261 e. The third-order valence-corrected chi connectivity index (χ3v) is 10.7. The zero-order valence-corrected chi connectivity index (χ0v) is 27.7. The van der Waals surface area contributed by atoms with Crippen molar-refractivity contribution < 1.29 is 16.8 Å². The Hall–Kier alpha value is -2.94. The number of hydrogen-bond acceptors (Lipinski definition) is 6. The molecule has 18 heteroatoms. The molecule has 0 bridgehead atoms. The molecule has 0 saturated carbocycles. The van der Waals surface area contributed by atoms with Gasteiger partial charge in [-0.3, -0.25) is 19.6 Å². The zero-order chi connectivity index (χ0) is 31.8. The fourth-order valence-corrected chi connectivity index (χ4v) is 7.06. The molecule has 10 nitrogen and oxygen atoms in total. The number of aromatic amines is 2. The van der Waals surface area contributed by atoms with Crippen LogP contribution in [-0.2, 0) is 20.0 Å². The molecule has 0 spiro atoms. The molecule has 0 fully saturated rings. The number of hydrogen-bond donors (Lipinski definition) is 4. The third-order valence-electron chi connectivity index (χ3n) is 5.92. The highest BCUT2D eigenvalue weighted by Gasteiger charge is 2.18. The summed E-state index contributed by atoms with van der Waals surface area (Å²) in [6.45, 7) is 0. The van der Waals surface area contributed by atoms with Gasteiger partial charge in [0.15, 0.2) is 0 Å². The molecule has 0 radical (unpaired) electrons. The molecule has 6 rings (SSSR count). The van der Waals surface area contributed by atoms with Crippen molar-refractivity contribution in [2.45, 2.75) is 9.79 Å². The van der Waals surface area contributed by atoms with Crippen molar-refractivity contribution in [2.24, 2.45) is 0 Å². The highest BCUT2D eigenvalue weighted by Crippen LogP contribution is 2.30. The van der Waals surface area contributed by atoms with Crippen LogP contribution in [0.3, 0.4) is 0 Å². The first kappa shape index (κ1) is 32.5. The van der Waals surface area contributed by atoms with Gasteiger partial charge in [-0.2, -0.15) is 10.2 Å². The molecule has 4 N–H and O–H groups in total. The van der Waals surface area contributed by atoms with E-state index in [4.69, 9.17) is 69.6 Å². The third kappa shape index (κ3) is 7.13. The Morgan fingerprint density at radius 2 is 0.886 bits per heavy atom. The lowest BCUT2D eigenvalue weighted by Crippen LogP contribution is -2.12. The van der Waals surface area contributed by atoms with Gasteiger partial charge in [-0.25, -0.2) is 16.8 Å². The van der Waals surface area contributed by atoms with Gasteiger partial charge in [0, 0.05) is 22.1 Å². The van der Waals surface area contributed by atoms with Crippen molar-refractivity contribution in [1.82, 2.24) is 20.4 Å². The van der Waals surface area contributed by atoms with Crippen molar-refractivity contribution in [3.63, 3.8) is 0 Å². The molecule has 4 aromatic carbocycles. The van der Waals surface area contributed by atoms with E-state index < -0.39 is 20.0 Å². The van der Waals surface area contributed by atoms with Gasteiger partial charge in [0.05, 0.1) is 40.9 Å². The van der Waals surface area contributed by atoms with Crippen LogP contribution >= 0.6 is 69.6 Å². The summed E-state index contributed by atoms with van der Waals surface area (Å²) in [5, 5.41) is 16.0. The van der Waals surface area contributed by atoms with Gasteiger partial charge in [0.2, 0.25) is 0 Å². The van der Waals surface area contributed by atoms with Crippen LogP contribution in [0.15, 0.2) is 82.6 Å². The number of anilines is 2. The number of fused-ring (bicyclic) bond motifs is 2. The van der Waals surface area contributed by atoms with E-state index in [9.17, 15) is 16.8 Å². The van der Waals surface area contributed by atoms with Gasteiger partial charge in [-0.15, -0.1) is 0 Å². The van der Waals surface area contributed by atoms with Gasteiger partial charge in [-0.05, 0) is 72.8 Å². The van der Waals surface area contributed by atoms with Crippen LogP contribution in [0, 0.1) is 0 Å². The number of halogens is 6. The highest BCUT2D eigenvalue weighted by atomic mass is 35.5.